The summed E-state index contributed by atoms with van der Waals surface area (Å²) in [5, 5.41) is 0. The van der Waals surface area contributed by atoms with Crippen molar-refractivity contribution in [2.75, 3.05) is 5.75 Å². The van der Waals surface area contributed by atoms with Crippen LogP contribution in [0.4, 0.5) is 0 Å². The second-order valence-electron chi connectivity index (χ2n) is 1.66. The molecule has 0 radical (unpaired) electrons. The summed E-state index contributed by atoms with van der Waals surface area (Å²) in [5.74, 6) is 0.910. The van der Waals surface area contributed by atoms with Crippen molar-refractivity contribution in [3.63, 3.8) is 0 Å². The Labute approximate surface area is 69.3 Å². The average molecular weight is 259 g/mol. The van der Waals surface area contributed by atoms with Crippen molar-refractivity contribution in [1.29, 1.82) is 0 Å². The molecule has 0 saturated carbocycles. The van der Waals surface area contributed by atoms with E-state index in [1.807, 2.05) is 6.08 Å². The first-order chi connectivity index (χ1) is 3.60. The van der Waals surface area contributed by atoms with Crippen LogP contribution in [0.3, 0.4) is 0 Å². The molecule has 0 saturated heterocycles. The van der Waals surface area contributed by atoms with E-state index in [-0.39, 0.29) is 4.45 Å². The number of rotatable bonds is 0. The van der Waals surface area contributed by atoms with Gasteiger partial charge in [0.15, 0.2) is 0 Å². The highest BCUT2D eigenvalue weighted by atomic mass is 79.9. The maximum atomic E-state index is 5.66. The molecule has 1 rings (SSSR count). The monoisotopic (exact) mass is 257 g/mol. The van der Waals surface area contributed by atoms with Gasteiger partial charge in [-0.3, -0.25) is 0 Å². The number of nitrogens with two attached hydrogens (primary N) is 1. The SMILES string of the molecule is NC1(Br)C=C(Br)SC1. The van der Waals surface area contributed by atoms with Gasteiger partial charge in [-0.05, 0) is 22.0 Å². The summed E-state index contributed by atoms with van der Waals surface area (Å²) >= 11 is 8.37. The Kier molecular flexibility index (Phi) is 2.07. The zero-order chi connectivity index (χ0) is 6.20. The Hall–Kier alpha value is 1.01. The smallest absolute Gasteiger partial charge is 0.102 e. The first kappa shape index (κ1) is 7.12. The maximum Gasteiger partial charge on any atom is 0.102 e. The van der Waals surface area contributed by atoms with Gasteiger partial charge in [0.2, 0.25) is 0 Å². The van der Waals surface area contributed by atoms with Gasteiger partial charge in [-0.15, -0.1) is 11.8 Å². The molecule has 1 aliphatic heterocycles. The van der Waals surface area contributed by atoms with Gasteiger partial charge in [0.1, 0.15) is 4.45 Å². The fourth-order valence-electron chi connectivity index (χ4n) is 0.452. The van der Waals surface area contributed by atoms with Crippen LogP contribution in [-0.4, -0.2) is 10.2 Å². The molecule has 0 aliphatic carbocycles. The molecule has 4 heteroatoms. The van der Waals surface area contributed by atoms with Crippen molar-refractivity contribution >= 4 is 43.6 Å². The van der Waals surface area contributed by atoms with Gasteiger partial charge in [0, 0.05) is 9.57 Å². The maximum absolute atomic E-state index is 5.66. The minimum atomic E-state index is -0.267. The average Bonchev–Trinajstić information content (AvgIpc) is 1.82. The lowest BCUT2D eigenvalue weighted by Crippen LogP contribution is -2.29. The Balaban J connectivity index is 2.67. The van der Waals surface area contributed by atoms with Gasteiger partial charge in [0.05, 0.1) is 0 Å². The third kappa shape index (κ3) is 1.76. The molecule has 0 amide bonds. The standard InChI is InChI=1S/C4H5Br2NS/c5-3-1-4(6,7)2-8-3/h1H,2,7H2. The highest BCUT2D eigenvalue weighted by Gasteiger charge is 2.24. The molecule has 1 atom stereocenters. The molecule has 0 aromatic carbocycles. The number of thioether (sulfide) groups is 1. The minimum absolute atomic E-state index is 0.267. The fourth-order valence-corrected chi connectivity index (χ4v) is 2.97. The lowest BCUT2D eigenvalue weighted by Gasteiger charge is -2.08. The molecule has 0 spiro atoms. The van der Waals surface area contributed by atoms with Crippen molar-refractivity contribution in [1.82, 2.24) is 0 Å². The third-order valence-electron chi connectivity index (χ3n) is 0.785. The van der Waals surface area contributed by atoms with Crippen molar-refractivity contribution < 1.29 is 0 Å². The predicted molar refractivity (Wildman–Crippen MR) is 45.3 cm³/mol. The molecular weight excluding hydrogens is 254 g/mol. The normalized spacial score (nSPS) is 37.6. The predicted octanol–water partition coefficient (Wildman–Crippen LogP) is 2.02. The van der Waals surface area contributed by atoms with Crippen molar-refractivity contribution in [3.05, 3.63) is 9.89 Å². The zero-order valence-corrected chi connectivity index (χ0v) is 8.01. The first-order valence-corrected chi connectivity index (χ1v) is 4.66. The molecule has 0 aromatic heterocycles. The lowest BCUT2D eigenvalue weighted by molar-refractivity contribution is 0.895. The van der Waals surface area contributed by atoms with Crippen LogP contribution in [-0.2, 0) is 0 Å². The first-order valence-electron chi connectivity index (χ1n) is 2.09. The van der Waals surface area contributed by atoms with Gasteiger partial charge in [-0.1, -0.05) is 15.9 Å². The highest BCUT2D eigenvalue weighted by Crippen LogP contribution is 2.37. The number of alkyl halides is 1. The molecule has 1 heterocycles. The van der Waals surface area contributed by atoms with Crippen molar-refractivity contribution in [3.8, 4) is 0 Å². The van der Waals surface area contributed by atoms with Crippen molar-refractivity contribution in [2.24, 2.45) is 5.73 Å². The summed E-state index contributed by atoms with van der Waals surface area (Å²) in [6.45, 7) is 0. The van der Waals surface area contributed by atoms with E-state index in [1.54, 1.807) is 11.8 Å². The van der Waals surface area contributed by atoms with Crippen LogP contribution < -0.4 is 5.73 Å². The van der Waals surface area contributed by atoms with E-state index >= 15 is 0 Å². The van der Waals surface area contributed by atoms with Crippen LogP contribution in [0, 0.1) is 0 Å². The largest absolute Gasteiger partial charge is 0.312 e. The van der Waals surface area contributed by atoms with Crippen LogP contribution in [0.1, 0.15) is 0 Å². The zero-order valence-electron chi connectivity index (χ0n) is 4.03. The van der Waals surface area contributed by atoms with Crippen molar-refractivity contribution in [2.45, 2.75) is 4.45 Å². The topological polar surface area (TPSA) is 26.0 Å². The van der Waals surface area contributed by atoms with Gasteiger partial charge in [0.25, 0.3) is 0 Å². The van der Waals surface area contributed by atoms with E-state index in [4.69, 9.17) is 5.73 Å². The second-order valence-corrected chi connectivity index (χ2v) is 5.54. The van der Waals surface area contributed by atoms with E-state index in [9.17, 15) is 0 Å². The Bertz CT molecular complexity index is 132. The second kappa shape index (κ2) is 2.33. The molecule has 0 aromatic rings. The highest BCUT2D eigenvalue weighted by molar-refractivity contribution is 9.14. The minimum Gasteiger partial charge on any atom is -0.312 e. The number of hydrogen-bond acceptors (Lipinski definition) is 2. The summed E-state index contributed by atoms with van der Waals surface area (Å²) in [4.78, 5) is 0. The van der Waals surface area contributed by atoms with E-state index < -0.39 is 0 Å². The summed E-state index contributed by atoms with van der Waals surface area (Å²) in [5.41, 5.74) is 5.66. The number of hydrogen-bond donors (Lipinski definition) is 1. The van der Waals surface area contributed by atoms with Gasteiger partial charge >= 0.3 is 0 Å². The Morgan fingerprint density at radius 3 is 2.62 bits per heavy atom. The Morgan fingerprint density at radius 2 is 2.50 bits per heavy atom. The Morgan fingerprint density at radius 1 is 1.88 bits per heavy atom. The molecule has 2 N–H and O–H groups in total. The summed E-state index contributed by atoms with van der Waals surface area (Å²) in [7, 11) is 0. The molecule has 0 bridgehead atoms. The molecule has 1 unspecified atom stereocenters. The van der Waals surface area contributed by atoms with E-state index in [2.05, 4.69) is 31.9 Å². The van der Waals surface area contributed by atoms with Gasteiger partial charge in [-0.2, -0.15) is 0 Å². The van der Waals surface area contributed by atoms with E-state index in [0.29, 0.717) is 0 Å². The number of halogens is 2. The van der Waals surface area contributed by atoms with Crippen LogP contribution in [0.5, 0.6) is 0 Å². The molecular formula is C4H5Br2NS. The summed E-state index contributed by atoms with van der Waals surface area (Å²) in [6.07, 6.45) is 1.96. The van der Waals surface area contributed by atoms with E-state index in [0.717, 1.165) is 9.57 Å². The molecule has 0 fully saturated rings. The fraction of sp³-hybridized carbons (Fsp3) is 0.500. The molecule has 8 heavy (non-hydrogen) atoms. The van der Waals surface area contributed by atoms with Crippen LogP contribution in [0.25, 0.3) is 0 Å². The van der Waals surface area contributed by atoms with Crippen LogP contribution >= 0.6 is 43.6 Å². The molecule has 1 nitrogen and oxygen atoms in total. The quantitative estimate of drug-likeness (QED) is 0.532. The lowest BCUT2D eigenvalue weighted by atomic mass is 10.4. The molecule has 1 aliphatic rings. The molecule has 46 valence electrons. The summed E-state index contributed by atoms with van der Waals surface area (Å²) in [6, 6.07) is 0. The van der Waals surface area contributed by atoms with Gasteiger partial charge in [-0.25, -0.2) is 0 Å². The summed E-state index contributed by atoms with van der Waals surface area (Å²) < 4.78 is 0.855. The van der Waals surface area contributed by atoms with E-state index in [1.165, 1.54) is 0 Å². The van der Waals surface area contributed by atoms with Crippen LogP contribution in [0.2, 0.25) is 0 Å². The third-order valence-corrected chi connectivity index (χ3v) is 3.60. The van der Waals surface area contributed by atoms with Crippen LogP contribution in [0.15, 0.2) is 9.89 Å². The van der Waals surface area contributed by atoms with Gasteiger partial charge < -0.3 is 5.73 Å².